The number of aryl methyl sites for hydroxylation is 1. The van der Waals surface area contributed by atoms with E-state index >= 15 is 0 Å². The topological polar surface area (TPSA) is 114 Å². The molecular weight excluding hydrogens is 463 g/mol. The van der Waals surface area contributed by atoms with Crippen LogP contribution < -0.4 is 14.8 Å². The van der Waals surface area contributed by atoms with Gasteiger partial charge in [-0.15, -0.1) is 0 Å². The monoisotopic (exact) mass is 504 g/mol. The molecule has 0 radical (unpaired) electrons. The molecule has 1 unspecified atom stereocenters. The van der Waals surface area contributed by atoms with E-state index in [0.717, 1.165) is 43.2 Å². The van der Waals surface area contributed by atoms with Crippen LogP contribution in [0.5, 0.6) is 5.75 Å². The Labute approximate surface area is 199 Å². The SMILES string of the molecule is CCOP(=O)(O)CCNS(=O)(=O)CCCCc1ccccc1OCCCCC1CCNCC1. The van der Waals surface area contributed by atoms with Gasteiger partial charge in [-0.25, -0.2) is 13.1 Å². The van der Waals surface area contributed by atoms with Crippen LogP contribution >= 0.6 is 7.60 Å². The molecule has 33 heavy (non-hydrogen) atoms. The minimum atomic E-state index is -3.72. The lowest BCUT2D eigenvalue weighted by Gasteiger charge is -2.22. The van der Waals surface area contributed by atoms with Crippen molar-refractivity contribution < 1.29 is 27.1 Å². The highest BCUT2D eigenvalue weighted by molar-refractivity contribution is 7.89. The third-order valence-corrected chi connectivity index (χ3v) is 8.77. The lowest BCUT2D eigenvalue weighted by molar-refractivity contribution is 0.274. The van der Waals surface area contributed by atoms with Crippen molar-refractivity contribution in [2.75, 3.05) is 44.8 Å². The second-order valence-corrected chi connectivity index (χ2v) is 12.5. The van der Waals surface area contributed by atoms with E-state index in [4.69, 9.17) is 9.26 Å². The maximum atomic E-state index is 12.1. The van der Waals surface area contributed by atoms with Crippen molar-refractivity contribution in [2.45, 2.75) is 58.3 Å². The molecule has 1 aromatic rings. The molecule has 1 atom stereocenters. The molecule has 1 aliphatic rings. The lowest BCUT2D eigenvalue weighted by Crippen LogP contribution is -2.29. The van der Waals surface area contributed by atoms with Crippen LogP contribution in [-0.4, -0.2) is 58.1 Å². The molecular formula is C23H41N2O6PS. The molecule has 1 saturated heterocycles. The van der Waals surface area contributed by atoms with E-state index in [-0.39, 0.29) is 25.1 Å². The van der Waals surface area contributed by atoms with Crippen LogP contribution in [0.25, 0.3) is 0 Å². The van der Waals surface area contributed by atoms with Crippen molar-refractivity contribution in [3.8, 4) is 5.75 Å². The van der Waals surface area contributed by atoms with Gasteiger partial charge in [-0.05, 0) is 82.5 Å². The van der Waals surface area contributed by atoms with E-state index in [1.54, 1.807) is 6.92 Å². The van der Waals surface area contributed by atoms with E-state index < -0.39 is 17.6 Å². The predicted octanol–water partition coefficient (Wildman–Crippen LogP) is 3.70. The zero-order valence-electron chi connectivity index (χ0n) is 19.8. The van der Waals surface area contributed by atoms with Crippen molar-refractivity contribution in [3.05, 3.63) is 29.8 Å². The van der Waals surface area contributed by atoms with Crippen molar-refractivity contribution in [1.82, 2.24) is 10.0 Å². The minimum absolute atomic E-state index is 0.0168. The zero-order chi connectivity index (χ0) is 24.0. The Kier molecular flexibility index (Phi) is 13.0. The van der Waals surface area contributed by atoms with Crippen molar-refractivity contribution in [2.24, 2.45) is 5.92 Å². The summed E-state index contributed by atoms with van der Waals surface area (Å²) in [6.07, 6.45) is 7.81. The molecule has 10 heteroatoms. The first-order valence-electron chi connectivity index (χ1n) is 12.2. The highest BCUT2D eigenvalue weighted by Gasteiger charge is 2.19. The summed E-state index contributed by atoms with van der Waals surface area (Å²) >= 11 is 0. The fourth-order valence-corrected chi connectivity index (χ4v) is 6.25. The Morgan fingerprint density at radius 1 is 1.15 bits per heavy atom. The van der Waals surface area contributed by atoms with E-state index in [2.05, 4.69) is 10.0 Å². The molecule has 1 fully saturated rings. The van der Waals surface area contributed by atoms with Crippen LogP contribution in [0.1, 0.15) is 57.4 Å². The summed E-state index contributed by atoms with van der Waals surface area (Å²) in [6.45, 7) is 4.62. The summed E-state index contributed by atoms with van der Waals surface area (Å²) in [5, 5.41) is 3.41. The van der Waals surface area contributed by atoms with E-state index in [9.17, 15) is 17.9 Å². The minimum Gasteiger partial charge on any atom is -0.493 e. The van der Waals surface area contributed by atoms with Crippen LogP contribution in [-0.2, 0) is 25.5 Å². The first kappa shape index (κ1) is 28.3. The predicted molar refractivity (Wildman–Crippen MR) is 132 cm³/mol. The number of hydrogen-bond acceptors (Lipinski definition) is 6. The molecule has 0 amide bonds. The molecule has 3 N–H and O–H groups in total. The molecule has 0 aromatic heterocycles. The van der Waals surface area contributed by atoms with Gasteiger partial charge in [0.2, 0.25) is 10.0 Å². The third kappa shape index (κ3) is 12.3. The van der Waals surface area contributed by atoms with Crippen LogP contribution in [0.2, 0.25) is 0 Å². The van der Waals surface area contributed by atoms with Gasteiger partial charge in [0.25, 0.3) is 0 Å². The Bertz CT molecular complexity index is 830. The highest BCUT2D eigenvalue weighted by Crippen LogP contribution is 2.40. The molecule has 190 valence electrons. The summed E-state index contributed by atoms with van der Waals surface area (Å²) in [5.41, 5.74) is 1.10. The molecule has 0 bridgehead atoms. The van der Waals surface area contributed by atoms with E-state index in [1.807, 2.05) is 24.3 Å². The van der Waals surface area contributed by atoms with Gasteiger partial charge in [-0.1, -0.05) is 24.6 Å². The number of piperidine rings is 1. The average Bonchev–Trinajstić information content (AvgIpc) is 2.77. The molecule has 8 nitrogen and oxygen atoms in total. The Morgan fingerprint density at radius 2 is 1.91 bits per heavy atom. The van der Waals surface area contributed by atoms with E-state index in [0.29, 0.717) is 19.4 Å². The second kappa shape index (κ2) is 15.1. The van der Waals surface area contributed by atoms with Crippen LogP contribution in [0, 0.1) is 5.92 Å². The number of ether oxygens (including phenoxy) is 1. The van der Waals surface area contributed by atoms with Gasteiger partial charge in [0.15, 0.2) is 0 Å². The summed E-state index contributed by atoms with van der Waals surface area (Å²) in [4.78, 5) is 9.51. The Morgan fingerprint density at radius 3 is 2.67 bits per heavy atom. The first-order valence-corrected chi connectivity index (χ1v) is 15.6. The van der Waals surface area contributed by atoms with Crippen LogP contribution in [0.4, 0.5) is 0 Å². The van der Waals surface area contributed by atoms with Gasteiger partial charge < -0.3 is 19.5 Å². The molecule has 1 heterocycles. The van der Waals surface area contributed by atoms with Crippen molar-refractivity contribution >= 4 is 17.6 Å². The number of unbranched alkanes of at least 4 members (excludes halogenated alkanes) is 2. The standard InChI is InChI=1S/C23H41N2O6PS/c1-2-31-32(26,27)19-17-25-33(28,29)20-8-6-11-22-10-3-4-12-23(22)30-18-7-5-9-21-13-15-24-16-14-21/h3-4,10,12,21,24-25H,2,5-9,11,13-20H2,1H3,(H,26,27). The van der Waals surface area contributed by atoms with Gasteiger partial charge >= 0.3 is 7.60 Å². The Hall–Kier alpha value is -0.960. The number of benzene rings is 1. The molecule has 0 aliphatic carbocycles. The second-order valence-electron chi connectivity index (χ2n) is 8.59. The first-order chi connectivity index (χ1) is 15.8. The molecule has 1 aliphatic heterocycles. The smallest absolute Gasteiger partial charge is 0.329 e. The molecule has 1 aromatic carbocycles. The summed E-state index contributed by atoms with van der Waals surface area (Å²) in [6, 6.07) is 7.95. The average molecular weight is 505 g/mol. The molecule has 0 spiro atoms. The number of rotatable bonds is 17. The summed E-state index contributed by atoms with van der Waals surface area (Å²) < 4.78 is 49.0. The van der Waals surface area contributed by atoms with Crippen molar-refractivity contribution in [1.29, 1.82) is 0 Å². The number of para-hydroxylation sites is 1. The quantitative estimate of drug-likeness (QED) is 0.219. The molecule has 0 saturated carbocycles. The highest BCUT2D eigenvalue weighted by atomic mass is 32.2. The third-order valence-electron chi connectivity index (χ3n) is 5.85. The fourth-order valence-electron chi connectivity index (χ4n) is 4.03. The fraction of sp³-hybridized carbons (Fsp3) is 0.739. The maximum Gasteiger partial charge on any atom is 0.329 e. The summed E-state index contributed by atoms with van der Waals surface area (Å²) in [5.74, 6) is 1.72. The largest absolute Gasteiger partial charge is 0.493 e. The van der Waals surface area contributed by atoms with Gasteiger partial charge in [0.05, 0.1) is 25.1 Å². The number of hydrogen-bond donors (Lipinski definition) is 3. The van der Waals surface area contributed by atoms with Crippen LogP contribution in [0.15, 0.2) is 24.3 Å². The van der Waals surface area contributed by atoms with Crippen LogP contribution in [0.3, 0.4) is 0 Å². The van der Waals surface area contributed by atoms with Crippen molar-refractivity contribution in [3.63, 3.8) is 0 Å². The van der Waals surface area contributed by atoms with Gasteiger partial charge in [0, 0.05) is 6.54 Å². The number of sulfonamides is 1. The number of nitrogens with one attached hydrogen (secondary N) is 2. The van der Waals surface area contributed by atoms with E-state index in [1.165, 1.54) is 25.7 Å². The zero-order valence-corrected chi connectivity index (χ0v) is 21.5. The normalized spacial score (nSPS) is 17.0. The van der Waals surface area contributed by atoms with Gasteiger partial charge in [0.1, 0.15) is 5.75 Å². The van der Waals surface area contributed by atoms with Gasteiger partial charge in [-0.2, -0.15) is 0 Å². The lowest BCUT2D eigenvalue weighted by atomic mass is 9.93. The molecule has 2 rings (SSSR count). The van der Waals surface area contributed by atoms with Gasteiger partial charge in [-0.3, -0.25) is 4.57 Å². The Balaban J connectivity index is 1.63. The maximum absolute atomic E-state index is 12.1. The summed E-state index contributed by atoms with van der Waals surface area (Å²) in [7, 11) is -7.21.